The topological polar surface area (TPSA) is 69.7 Å². The fourth-order valence-corrected chi connectivity index (χ4v) is 3.41. The molecule has 1 atom stereocenters. The summed E-state index contributed by atoms with van der Waals surface area (Å²) in [5.74, 6) is 0.235. The van der Waals surface area contributed by atoms with Crippen LogP contribution in [0.1, 0.15) is 33.1 Å². The summed E-state index contributed by atoms with van der Waals surface area (Å²) in [6, 6.07) is 6.46. The largest absolute Gasteiger partial charge is 0.326 e. The first-order valence-electron chi connectivity index (χ1n) is 8.44. The third kappa shape index (κ3) is 3.33. The maximum Gasteiger partial charge on any atom is 0.251 e. The second-order valence-corrected chi connectivity index (χ2v) is 6.73. The van der Waals surface area contributed by atoms with Crippen LogP contribution < -0.4 is 10.2 Å². The number of carbonyl (C=O) groups excluding carboxylic acids is 3. The number of anilines is 2. The van der Waals surface area contributed by atoms with E-state index in [2.05, 4.69) is 17.1 Å². The van der Waals surface area contributed by atoms with Gasteiger partial charge in [0.05, 0.1) is 18.2 Å². The molecule has 0 saturated carbocycles. The first-order chi connectivity index (χ1) is 11.5. The number of rotatable bonds is 3. The molecule has 1 unspecified atom stereocenters. The van der Waals surface area contributed by atoms with Gasteiger partial charge in [0.15, 0.2) is 0 Å². The van der Waals surface area contributed by atoms with Gasteiger partial charge in [0.2, 0.25) is 11.8 Å². The van der Waals surface area contributed by atoms with E-state index in [0.29, 0.717) is 17.3 Å². The number of amides is 3. The van der Waals surface area contributed by atoms with Crippen LogP contribution in [0.3, 0.4) is 0 Å². The minimum absolute atomic E-state index is 0.137. The highest BCUT2D eigenvalue weighted by molar-refractivity contribution is 6.22. The molecule has 128 valence electrons. The minimum atomic E-state index is -0.333. The minimum Gasteiger partial charge on any atom is -0.326 e. The van der Waals surface area contributed by atoms with Crippen molar-refractivity contribution in [2.24, 2.45) is 5.92 Å². The van der Waals surface area contributed by atoms with Crippen LogP contribution in [-0.2, 0) is 14.4 Å². The fourth-order valence-electron chi connectivity index (χ4n) is 3.41. The number of piperidine rings is 1. The van der Waals surface area contributed by atoms with E-state index in [-0.39, 0.29) is 30.2 Å². The van der Waals surface area contributed by atoms with Crippen molar-refractivity contribution < 1.29 is 14.4 Å². The van der Waals surface area contributed by atoms with E-state index in [1.54, 1.807) is 24.3 Å². The van der Waals surface area contributed by atoms with Gasteiger partial charge in [-0.15, -0.1) is 0 Å². The second-order valence-electron chi connectivity index (χ2n) is 6.73. The zero-order chi connectivity index (χ0) is 17.3. The van der Waals surface area contributed by atoms with Crippen LogP contribution in [0.5, 0.6) is 0 Å². The molecule has 0 radical (unpaired) electrons. The van der Waals surface area contributed by atoms with Crippen molar-refractivity contribution >= 4 is 29.1 Å². The average molecular weight is 329 g/mol. The van der Waals surface area contributed by atoms with Gasteiger partial charge in [-0.3, -0.25) is 19.3 Å². The quantitative estimate of drug-likeness (QED) is 0.861. The first-order valence-corrected chi connectivity index (χ1v) is 8.44. The Labute approximate surface area is 141 Å². The number of likely N-dealkylation sites (tertiary alicyclic amines) is 1. The highest BCUT2D eigenvalue weighted by Gasteiger charge is 2.43. The number of nitrogens with zero attached hydrogens (tertiary/aromatic N) is 2. The molecule has 2 saturated heterocycles. The van der Waals surface area contributed by atoms with Crippen molar-refractivity contribution in [2.45, 2.75) is 39.2 Å². The fraction of sp³-hybridized carbons (Fsp3) is 0.500. The highest BCUT2D eigenvalue weighted by atomic mass is 16.2. The average Bonchev–Trinajstić information content (AvgIpc) is 2.83. The number of hydrogen-bond acceptors (Lipinski definition) is 4. The van der Waals surface area contributed by atoms with E-state index < -0.39 is 0 Å². The van der Waals surface area contributed by atoms with Crippen molar-refractivity contribution in [1.82, 2.24) is 4.90 Å². The van der Waals surface area contributed by atoms with Gasteiger partial charge in [-0.2, -0.15) is 0 Å². The van der Waals surface area contributed by atoms with Crippen molar-refractivity contribution in [3.8, 4) is 0 Å². The van der Waals surface area contributed by atoms with Gasteiger partial charge in [0, 0.05) is 12.6 Å². The number of imide groups is 1. The zero-order valence-electron chi connectivity index (χ0n) is 14.1. The lowest BCUT2D eigenvalue weighted by molar-refractivity contribution is -0.123. The molecular weight excluding hydrogens is 306 g/mol. The maximum absolute atomic E-state index is 12.8. The smallest absolute Gasteiger partial charge is 0.251 e. The van der Waals surface area contributed by atoms with Crippen molar-refractivity contribution in [2.75, 3.05) is 23.3 Å². The lowest BCUT2D eigenvalue weighted by atomic mass is 9.97. The molecule has 0 aromatic heterocycles. The Morgan fingerprint density at radius 1 is 1.12 bits per heavy atom. The van der Waals surface area contributed by atoms with E-state index in [1.165, 1.54) is 11.8 Å². The van der Waals surface area contributed by atoms with Crippen LogP contribution in [0.15, 0.2) is 24.3 Å². The Balaban J connectivity index is 1.73. The molecule has 0 bridgehead atoms. The van der Waals surface area contributed by atoms with Crippen molar-refractivity contribution in [1.29, 1.82) is 0 Å². The number of benzene rings is 1. The van der Waals surface area contributed by atoms with E-state index in [1.807, 2.05) is 0 Å². The lowest BCUT2D eigenvalue weighted by Gasteiger charge is -2.33. The van der Waals surface area contributed by atoms with Gasteiger partial charge < -0.3 is 5.32 Å². The summed E-state index contributed by atoms with van der Waals surface area (Å²) in [5.41, 5.74) is 1.21. The molecule has 6 nitrogen and oxygen atoms in total. The van der Waals surface area contributed by atoms with Crippen LogP contribution in [0.4, 0.5) is 11.4 Å². The van der Waals surface area contributed by atoms with Gasteiger partial charge in [-0.05, 0) is 56.1 Å². The van der Waals surface area contributed by atoms with Crippen molar-refractivity contribution in [3.05, 3.63) is 24.3 Å². The summed E-state index contributed by atoms with van der Waals surface area (Å²) in [6.45, 7) is 5.41. The molecule has 1 N–H and O–H groups in total. The highest BCUT2D eigenvalue weighted by Crippen LogP contribution is 2.29. The standard InChI is InChI=1S/C18H23N3O3/c1-12-7-9-20(10-8-12)16-11-17(23)21(18(16)24)15-5-3-14(4-6-15)19-13(2)22/h3-6,12,16H,7-11H2,1-2H3,(H,19,22). The monoisotopic (exact) mass is 329 g/mol. The van der Waals surface area contributed by atoms with Gasteiger partial charge in [0.1, 0.15) is 0 Å². The molecule has 24 heavy (non-hydrogen) atoms. The third-order valence-corrected chi connectivity index (χ3v) is 4.83. The Kier molecular flexibility index (Phi) is 4.66. The Morgan fingerprint density at radius 2 is 1.75 bits per heavy atom. The maximum atomic E-state index is 12.8. The Bertz CT molecular complexity index is 648. The van der Waals surface area contributed by atoms with Crippen LogP contribution in [0, 0.1) is 5.92 Å². The Morgan fingerprint density at radius 3 is 2.33 bits per heavy atom. The van der Waals surface area contributed by atoms with Gasteiger partial charge in [-0.1, -0.05) is 6.92 Å². The molecule has 3 rings (SSSR count). The molecule has 0 aliphatic carbocycles. The molecule has 2 aliphatic rings. The van der Waals surface area contributed by atoms with Crippen LogP contribution in [-0.4, -0.2) is 41.8 Å². The van der Waals surface area contributed by atoms with Crippen LogP contribution in [0.25, 0.3) is 0 Å². The lowest BCUT2D eigenvalue weighted by Crippen LogP contribution is -2.45. The summed E-state index contributed by atoms with van der Waals surface area (Å²) >= 11 is 0. The number of hydrogen-bond donors (Lipinski definition) is 1. The van der Waals surface area contributed by atoms with E-state index in [9.17, 15) is 14.4 Å². The summed E-state index contributed by atoms with van der Waals surface area (Å²) in [6.07, 6.45) is 2.40. The molecule has 6 heteroatoms. The normalized spacial score (nSPS) is 22.9. The molecule has 0 spiro atoms. The van der Waals surface area contributed by atoms with Crippen molar-refractivity contribution in [3.63, 3.8) is 0 Å². The third-order valence-electron chi connectivity index (χ3n) is 4.83. The van der Waals surface area contributed by atoms with E-state index >= 15 is 0 Å². The summed E-state index contributed by atoms with van der Waals surface area (Å²) < 4.78 is 0. The molecule has 2 heterocycles. The molecule has 2 fully saturated rings. The van der Waals surface area contributed by atoms with Gasteiger partial charge in [0.25, 0.3) is 5.91 Å². The molecule has 2 aliphatic heterocycles. The second kappa shape index (κ2) is 6.73. The van der Waals surface area contributed by atoms with Crippen LogP contribution >= 0.6 is 0 Å². The Hall–Kier alpha value is -2.21. The molecular formula is C18H23N3O3. The van der Waals surface area contributed by atoms with Crippen LogP contribution in [0.2, 0.25) is 0 Å². The summed E-state index contributed by atoms with van der Waals surface area (Å²) in [4.78, 5) is 39.6. The predicted octanol–water partition coefficient (Wildman–Crippen LogP) is 2.01. The summed E-state index contributed by atoms with van der Waals surface area (Å²) in [5, 5.41) is 2.67. The predicted molar refractivity (Wildman–Crippen MR) is 91.6 cm³/mol. The first kappa shape index (κ1) is 16.6. The number of nitrogens with one attached hydrogen (secondary N) is 1. The molecule has 3 amide bonds. The summed E-state index contributed by atoms with van der Waals surface area (Å²) in [7, 11) is 0. The van der Waals surface area contributed by atoms with E-state index in [4.69, 9.17) is 0 Å². The SMILES string of the molecule is CC(=O)Nc1ccc(N2C(=O)CC(N3CCC(C)CC3)C2=O)cc1. The number of carbonyl (C=O) groups is 3. The van der Waals surface area contributed by atoms with E-state index in [0.717, 1.165) is 25.9 Å². The van der Waals surface area contributed by atoms with Gasteiger partial charge >= 0.3 is 0 Å². The zero-order valence-corrected chi connectivity index (χ0v) is 14.1. The molecule has 1 aromatic rings. The van der Waals surface area contributed by atoms with Gasteiger partial charge in [-0.25, -0.2) is 4.90 Å². The molecule has 1 aromatic carbocycles.